The van der Waals surface area contributed by atoms with Crippen LogP contribution in [0, 0.1) is 0 Å². The normalized spacial score (nSPS) is 15.2. The first-order valence-electron chi connectivity index (χ1n) is 29.8. The molecule has 1 aliphatic heterocycles. The molecule has 0 aromatic rings. The van der Waals surface area contributed by atoms with Gasteiger partial charge in [0.2, 0.25) is 0 Å². The van der Waals surface area contributed by atoms with Crippen molar-refractivity contribution in [2.45, 2.75) is 303 Å². The Hall–Kier alpha value is -0.770. The predicted octanol–water partition coefficient (Wildman–Crippen LogP) is 15.2. The second-order valence-electron chi connectivity index (χ2n) is 20.9. The molecule has 8 nitrogen and oxygen atoms in total. The highest BCUT2D eigenvalue weighted by Crippen LogP contribution is 2.21. The summed E-state index contributed by atoms with van der Waals surface area (Å²) in [5, 5.41) is 20.7. The molecule has 0 amide bonds. The molecule has 394 valence electrons. The van der Waals surface area contributed by atoms with E-state index < -0.39 is 6.29 Å². The number of aliphatic hydroxyl groups is 2. The maximum Gasteiger partial charge on any atom is 0.307 e. The smallest absolute Gasteiger partial charge is 0.307 e. The van der Waals surface area contributed by atoms with Crippen LogP contribution in [0.3, 0.4) is 0 Å². The van der Waals surface area contributed by atoms with Gasteiger partial charge in [0.1, 0.15) is 6.10 Å². The van der Waals surface area contributed by atoms with Crippen molar-refractivity contribution in [1.29, 1.82) is 0 Å². The first-order valence-corrected chi connectivity index (χ1v) is 29.8. The lowest BCUT2D eigenvalue weighted by molar-refractivity contribution is -0.150. The van der Waals surface area contributed by atoms with Crippen LogP contribution in [0.4, 0.5) is 0 Å². The Kier molecular flexibility index (Phi) is 47.2. The summed E-state index contributed by atoms with van der Waals surface area (Å²) in [5.74, 6) is -0.0459. The van der Waals surface area contributed by atoms with Gasteiger partial charge in [-0.05, 0) is 64.5 Å². The number of carbonyl (C=O) groups is 1. The van der Waals surface area contributed by atoms with Gasteiger partial charge in [0, 0.05) is 58.8 Å². The van der Waals surface area contributed by atoms with Gasteiger partial charge in [0.25, 0.3) is 0 Å². The van der Waals surface area contributed by atoms with Gasteiger partial charge in [-0.2, -0.15) is 0 Å². The number of unbranched alkanes of at least 4 members (excludes halogenated alkanes) is 28. The molecule has 8 heteroatoms. The van der Waals surface area contributed by atoms with Crippen molar-refractivity contribution in [2.24, 2.45) is 0 Å². The Balaban J connectivity index is 2.82. The fourth-order valence-corrected chi connectivity index (χ4v) is 10.0. The van der Waals surface area contributed by atoms with E-state index >= 15 is 0 Å². The van der Waals surface area contributed by atoms with Crippen molar-refractivity contribution in [3.05, 3.63) is 0 Å². The molecule has 0 radical (unpaired) electrons. The van der Waals surface area contributed by atoms with Gasteiger partial charge in [0.15, 0.2) is 6.29 Å². The molecule has 0 spiro atoms. The SMILES string of the molecule is CCCCCCCCCCCC(CCCCCCCCC)OC(=O)CCN(CCCN1CCN(CCCO)CC1)CCC(O)OC(CCCCCCCCC)CCCCCCCCCCC. The molecule has 66 heavy (non-hydrogen) atoms. The number of nitrogens with zero attached hydrogens (tertiary/aromatic N) is 3. The fraction of sp³-hybridized carbons (Fsp3) is 0.983. The van der Waals surface area contributed by atoms with Gasteiger partial charge in [0.05, 0.1) is 12.5 Å². The molecule has 0 aliphatic carbocycles. The van der Waals surface area contributed by atoms with E-state index in [4.69, 9.17) is 9.47 Å². The number of hydrogen-bond acceptors (Lipinski definition) is 8. The van der Waals surface area contributed by atoms with Crippen LogP contribution in [0.1, 0.15) is 285 Å². The summed E-state index contributed by atoms with van der Waals surface area (Å²) in [6.07, 6.45) is 48.1. The number of aliphatic hydroxyl groups excluding tert-OH is 2. The highest BCUT2D eigenvalue weighted by atomic mass is 16.6. The molecule has 3 atom stereocenters. The lowest BCUT2D eigenvalue weighted by atomic mass is 10.0. The molecular formula is C58H117N3O5. The van der Waals surface area contributed by atoms with Crippen molar-refractivity contribution >= 4 is 5.97 Å². The summed E-state index contributed by atoms with van der Waals surface area (Å²) in [6.45, 7) is 18.0. The van der Waals surface area contributed by atoms with Crippen LogP contribution in [0.15, 0.2) is 0 Å². The Morgan fingerprint density at radius 1 is 0.439 bits per heavy atom. The molecule has 0 bridgehead atoms. The van der Waals surface area contributed by atoms with E-state index in [9.17, 15) is 15.0 Å². The summed E-state index contributed by atoms with van der Waals surface area (Å²) in [5.41, 5.74) is 0. The number of rotatable bonds is 52. The summed E-state index contributed by atoms with van der Waals surface area (Å²) in [6, 6.07) is 0. The maximum atomic E-state index is 13.6. The van der Waals surface area contributed by atoms with Crippen molar-refractivity contribution in [3.63, 3.8) is 0 Å². The second-order valence-corrected chi connectivity index (χ2v) is 20.9. The van der Waals surface area contributed by atoms with Crippen LogP contribution < -0.4 is 0 Å². The minimum atomic E-state index is -0.776. The van der Waals surface area contributed by atoms with E-state index in [1.807, 2.05) is 0 Å². The first kappa shape index (κ1) is 63.2. The first-order chi connectivity index (χ1) is 32.4. The minimum Gasteiger partial charge on any atom is -0.462 e. The molecule has 0 aromatic heterocycles. The fourth-order valence-electron chi connectivity index (χ4n) is 10.0. The third-order valence-corrected chi connectivity index (χ3v) is 14.5. The Morgan fingerprint density at radius 2 is 0.788 bits per heavy atom. The van der Waals surface area contributed by atoms with Crippen molar-refractivity contribution in [2.75, 3.05) is 65.5 Å². The zero-order chi connectivity index (χ0) is 47.8. The lowest BCUT2D eigenvalue weighted by Gasteiger charge is -2.35. The summed E-state index contributed by atoms with van der Waals surface area (Å²) < 4.78 is 12.8. The molecular weight excluding hydrogens is 819 g/mol. The number of carbonyl (C=O) groups excluding carboxylic acids is 1. The van der Waals surface area contributed by atoms with Crippen molar-refractivity contribution in [1.82, 2.24) is 14.7 Å². The lowest BCUT2D eigenvalue weighted by Crippen LogP contribution is -2.47. The van der Waals surface area contributed by atoms with E-state index in [0.29, 0.717) is 19.4 Å². The van der Waals surface area contributed by atoms with E-state index in [-0.39, 0.29) is 24.8 Å². The number of esters is 1. The largest absolute Gasteiger partial charge is 0.462 e. The molecule has 0 aromatic carbocycles. The molecule has 1 aliphatic rings. The topological polar surface area (TPSA) is 85.7 Å². The second kappa shape index (κ2) is 49.2. The van der Waals surface area contributed by atoms with Crippen LogP contribution in [-0.2, 0) is 14.3 Å². The van der Waals surface area contributed by atoms with E-state index in [1.165, 1.54) is 193 Å². The van der Waals surface area contributed by atoms with Crippen LogP contribution in [0.2, 0.25) is 0 Å². The zero-order valence-electron chi connectivity index (χ0n) is 45.0. The van der Waals surface area contributed by atoms with E-state index in [2.05, 4.69) is 42.4 Å². The van der Waals surface area contributed by atoms with E-state index in [0.717, 1.165) is 104 Å². The highest BCUT2D eigenvalue weighted by Gasteiger charge is 2.20. The average molecular weight is 937 g/mol. The minimum absolute atomic E-state index is 0.0384. The Morgan fingerprint density at radius 3 is 1.17 bits per heavy atom. The third-order valence-electron chi connectivity index (χ3n) is 14.5. The Labute approximate surface area is 412 Å². The van der Waals surface area contributed by atoms with Gasteiger partial charge < -0.3 is 34.4 Å². The molecule has 1 heterocycles. The maximum absolute atomic E-state index is 13.6. The van der Waals surface area contributed by atoms with Gasteiger partial charge in [-0.3, -0.25) is 4.79 Å². The monoisotopic (exact) mass is 936 g/mol. The van der Waals surface area contributed by atoms with Gasteiger partial charge in [-0.15, -0.1) is 0 Å². The zero-order valence-corrected chi connectivity index (χ0v) is 45.0. The van der Waals surface area contributed by atoms with Gasteiger partial charge >= 0.3 is 5.97 Å². The summed E-state index contributed by atoms with van der Waals surface area (Å²) in [4.78, 5) is 21.1. The van der Waals surface area contributed by atoms with Crippen molar-refractivity contribution < 1.29 is 24.5 Å². The van der Waals surface area contributed by atoms with Crippen molar-refractivity contribution in [3.8, 4) is 0 Å². The van der Waals surface area contributed by atoms with Gasteiger partial charge in [-0.25, -0.2) is 0 Å². The number of hydrogen-bond donors (Lipinski definition) is 2. The molecule has 1 rings (SSSR count). The van der Waals surface area contributed by atoms with Crippen LogP contribution in [0.25, 0.3) is 0 Å². The number of ether oxygens (including phenoxy) is 2. The molecule has 1 fully saturated rings. The van der Waals surface area contributed by atoms with Crippen LogP contribution >= 0.6 is 0 Å². The molecule has 1 saturated heterocycles. The van der Waals surface area contributed by atoms with Gasteiger partial charge in [-0.1, -0.05) is 220 Å². The summed E-state index contributed by atoms with van der Waals surface area (Å²) in [7, 11) is 0. The van der Waals surface area contributed by atoms with Crippen LogP contribution in [0.5, 0.6) is 0 Å². The standard InChI is InChI=1S/C58H117N3O5/c1-5-9-13-17-21-23-27-31-35-41-55(39-33-29-25-19-15-11-7-3)65-57(63)43-48-59(45-37-46-60-50-52-61(53-51-60)47-38-54-62)49-44-58(64)66-56(40-34-30-26-20-16-12-8-4)42-36-32-28-24-22-18-14-10-6-2/h55-57,62-63H,5-54H2,1-4H3. The molecule has 3 unspecified atom stereocenters. The summed E-state index contributed by atoms with van der Waals surface area (Å²) >= 11 is 0. The molecule has 2 N–H and O–H groups in total. The predicted molar refractivity (Wildman–Crippen MR) is 285 cm³/mol. The Bertz CT molecular complexity index is 980. The quantitative estimate of drug-likeness (QED) is 0.0354. The third kappa shape index (κ3) is 41.1. The number of piperazine rings is 1. The highest BCUT2D eigenvalue weighted by molar-refractivity contribution is 5.69. The van der Waals surface area contributed by atoms with Crippen LogP contribution in [-0.4, -0.2) is 115 Å². The average Bonchev–Trinajstić information content (AvgIpc) is 3.32. The molecule has 0 saturated carbocycles. The van der Waals surface area contributed by atoms with E-state index in [1.54, 1.807) is 0 Å².